The lowest BCUT2D eigenvalue weighted by Gasteiger charge is -2.42. The molecule has 2 N–H and O–H groups in total. The van der Waals surface area contributed by atoms with E-state index in [1.807, 2.05) is 35.9 Å². The summed E-state index contributed by atoms with van der Waals surface area (Å²) >= 11 is 1.62. The van der Waals surface area contributed by atoms with Crippen molar-refractivity contribution in [1.82, 2.24) is 5.32 Å². The van der Waals surface area contributed by atoms with Gasteiger partial charge in [0.1, 0.15) is 12.4 Å². The van der Waals surface area contributed by atoms with Gasteiger partial charge in [0.2, 0.25) is 0 Å². The Morgan fingerprint density at radius 1 is 1.09 bits per heavy atom. The average molecular weight is 452 g/mol. The monoisotopic (exact) mass is 451 g/mol. The fourth-order valence-corrected chi connectivity index (χ4v) is 5.73. The molecule has 0 spiro atoms. The Bertz CT molecular complexity index is 1000. The van der Waals surface area contributed by atoms with Crippen LogP contribution in [0.3, 0.4) is 0 Å². The van der Waals surface area contributed by atoms with Crippen molar-refractivity contribution in [2.24, 2.45) is 0 Å². The second kappa shape index (κ2) is 8.86. The minimum Gasteiger partial charge on any atom is -0.489 e. The number of hydrogen-bond acceptors (Lipinski definition) is 4. The molecule has 2 aromatic rings. The van der Waals surface area contributed by atoms with Crippen molar-refractivity contribution >= 4 is 17.7 Å². The van der Waals surface area contributed by atoms with Crippen molar-refractivity contribution in [2.75, 3.05) is 0 Å². The van der Waals surface area contributed by atoms with Crippen LogP contribution in [-0.4, -0.2) is 16.4 Å². The second-order valence-corrected chi connectivity index (χ2v) is 11.3. The predicted molar refractivity (Wildman–Crippen MR) is 131 cm³/mol. The molecule has 2 aliphatic rings. The summed E-state index contributed by atoms with van der Waals surface area (Å²) in [5.74, 6) is -0.0961. The van der Waals surface area contributed by atoms with Crippen LogP contribution >= 0.6 is 11.8 Å². The summed E-state index contributed by atoms with van der Waals surface area (Å²) in [5, 5.41) is 14.6. The second-order valence-electron chi connectivity index (χ2n) is 10.2. The highest BCUT2D eigenvalue weighted by Gasteiger charge is 2.37. The molecule has 0 bridgehead atoms. The van der Waals surface area contributed by atoms with Crippen LogP contribution in [0.1, 0.15) is 75.1 Å². The fourth-order valence-electron chi connectivity index (χ4n) is 4.80. The molecule has 0 saturated heterocycles. The summed E-state index contributed by atoms with van der Waals surface area (Å²) in [6, 6.07) is 14.7. The first-order valence-corrected chi connectivity index (χ1v) is 12.2. The number of hydrogen-bond donors (Lipinski definition) is 2. The van der Waals surface area contributed by atoms with E-state index in [1.54, 1.807) is 11.8 Å². The summed E-state index contributed by atoms with van der Waals surface area (Å²) in [5.41, 5.74) is 5.49. The van der Waals surface area contributed by atoms with E-state index < -0.39 is 5.97 Å². The molecule has 0 amide bonds. The number of carboxylic acid groups (broad SMARTS) is 1. The number of nitrogens with one attached hydrogen (secondary N) is 1. The number of carboxylic acids is 1. The van der Waals surface area contributed by atoms with Crippen molar-refractivity contribution in [3.05, 3.63) is 76.3 Å². The van der Waals surface area contributed by atoms with Crippen LogP contribution < -0.4 is 10.1 Å². The number of carbonyl (C=O) groups is 1. The van der Waals surface area contributed by atoms with Gasteiger partial charge >= 0.3 is 5.97 Å². The van der Waals surface area contributed by atoms with Crippen molar-refractivity contribution in [2.45, 2.75) is 75.7 Å². The van der Waals surface area contributed by atoms with Gasteiger partial charge in [0.15, 0.2) is 0 Å². The topological polar surface area (TPSA) is 58.6 Å². The van der Waals surface area contributed by atoms with Gasteiger partial charge in [-0.2, -0.15) is 0 Å². The van der Waals surface area contributed by atoms with Crippen LogP contribution in [0, 0.1) is 0 Å². The maximum Gasteiger partial charge on any atom is 0.304 e. The molecule has 0 aromatic heterocycles. The molecule has 1 aliphatic heterocycles. The van der Waals surface area contributed by atoms with Crippen molar-refractivity contribution < 1.29 is 14.6 Å². The van der Waals surface area contributed by atoms with E-state index in [2.05, 4.69) is 51.2 Å². The highest BCUT2D eigenvalue weighted by molar-refractivity contribution is 8.02. The SMILES string of the molecule is CC1(C)CCC(C)(C)c2cc(COc3ccc(C(CC(=O)O)[C@H]4NC=CS4)cc3)ccc21. The first-order valence-electron chi connectivity index (χ1n) is 11.3. The highest BCUT2D eigenvalue weighted by atomic mass is 32.2. The van der Waals surface area contributed by atoms with Crippen LogP contribution in [0.15, 0.2) is 54.1 Å². The number of fused-ring (bicyclic) bond motifs is 1. The molecule has 0 saturated carbocycles. The number of benzene rings is 2. The van der Waals surface area contributed by atoms with Gasteiger partial charge in [-0.25, -0.2) is 0 Å². The Labute approximate surface area is 195 Å². The van der Waals surface area contributed by atoms with Gasteiger partial charge in [0, 0.05) is 12.1 Å². The molecule has 32 heavy (non-hydrogen) atoms. The third kappa shape index (κ3) is 4.83. The first kappa shape index (κ1) is 22.8. The van der Waals surface area contributed by atoms with E-state index in [4.69, 9.17) is 4.74 Å². The summed E-state index contributed by atoms with van der Waals surface area (Å²) in [7, 11) is 0. The largest absolute Gasteiger partial charge is 0.489 e. The third-order valence-electron chi connectivity index (χ3n) is 6.94. The summed E-state index contributed by atoms with van der Waals surface area (Å²) in [6.07, 6.45) is 4.37. The molecule has 2 aromatic carbocycles. The van der Waals surface area contributed by atoms with E-state index in [1.165, 1.54) is 29.5 Å². The minimum atomic E-state index is -0.789. The highest BCUT2D eigenvalue weighted by Crippen LogP contribution is 2.46. The van der Waals surface area contributed by atoms with Crippen LogP contribution in [-0.2, 0) is 22.2 Å². The van der Waals surface area contributed by atoms with Crippen LogP contribution in [0.5, 0.6) is 5.75 Å². The molecular weight excluding hydrogens is 418 g/mol. The van der Waals surface area contributed by atoms with Gasteiger partial charge in [-0.05, 0) is 63.5 Å². The quantitative estimate of drug-likeness (QED) is 0.517. The van der Waals surface area contributed by atoms with Gasteiger partial charge in [0.05, 0.1) is 11.8 Å². The fraction of sp³-hybridized carbons (Fsp3) is 0.444. The van der Waals surface area contributed by atoms with E-state index in [-0.39, 0.29) is 28.5 Å². The molecule has 1 heterocycles. The Morgan fingerprint density at radius 3 is 2.41 bits per heavy atom. The number of rotatable bonds is 7. The molecule has 2 atom stereocenters. The number of thioether (sulfide) groups is 1. The molecule has 4 rings (SSSR count). The lowest BCUT2D eigenvalue weighted by molar-refractivity contribution is -0.137. The van der Waals surface area contributed by atoms with Crippen molar-refractivity contribution in [1.29, 1.82) is 0 Å². The Morgan fingerprint density at radius 2 is 1.78 bits per heavy atom. The molecule has 170 valence electrons. The first-order chi connectivity index (χ1) is 15.2. The summed E-state index contributed by atoms with van der Waals surface area (Å²) in [6.45, 7) is 9.87. The van der Waals surface area contributed by atoms with E-state index in [0.717, 1.165) is 11.3 Å². The van der Waals surface area contributed by atoms with E-state index in [0.29, 0.717) is 6.61 Å². The summed E-state index contributed by atoms with van der Waals surface area (Å²) in [4.78, 5) is 11.4. The normalized spacial score (nSPS) is 21.4. The number of ether oxygens (including phenoxy) is 1. The predicted octanol–water partition coefficient (Wildman–Crippen LogP) is 6.31. The smallest absolute Gasteiger partial charge is 0.304 e. The van der Waals surface area contributed by atoms with E-state index >= 15 is 0 Å². The maximum absolute atomic E-state index is 11.4. The zero-order valence-electron chi connectivity index (χ0n) is 19.4. The molecule has 1 aliphatic carbocycles. The third-order valence-corrected chi connectivity index (χ3v) is 8.00. The molecule has 4 nitrogen and oxygen atoms in total. The Balaban J connectivity index is 1.46. The van der Waals surface area contributed by atoms with Gasteiger partial charge < -0.3 is 15.2 Å². The lowest BCUT2D eigenvalue weighted by atomic mass is 9.63. The molecule has 0 fully saturated rings. The molecule has 0 radical (unpaired) electrons. The zero-order valence-corrected chi connectivity index (χ0v) is 20.2. The minimum absolute atomic E-state index is 0.0426. The Kier molecular flexibility index (Phi) is 6.30. The van der Waals surface area contributed by atoms with Crippen LogP contribution in [0.4, 0.5) is 0 Å². The standard InChI is InChI=1S/C27H33NO3S/c1-26(2)11-12-27(3,4)23-15-18(5-10-22(23)26)17-31-20-8-6-19(7-9-20)21(16-24(29)30)25-28-13-14-32-25/h5-10,13-15,21,25,28H,11-12,16-17H2,1-4H3,(H,29,30)/t21?,25-/m0/s1. The summed E-state index contributed by atoms with van der Waals surface area (Å²) < 4.78 is 6.10. The van der Waals surface area contributed by atoms with Gasteiger partial charge in [-0.3, -0.25) is 4.79 Å². The Hall–Kier alpha value is -2.40. The zero-order chi connectivity index (χ0) is 22.9. The lowest BCUT2D eigenvalue weighted by Crippen LogP contribution is -2.33. The molecule has 5 heteroatoms. The van der Waals surface area contributed by atoms with Gasteiger partial charge in [-0.15, -0.1) is 11.8 Å². The van der Waals surface area contributed by atoms with Gasteiger partial charge in [0.25, 0.3) is 0 Å². The molecular formula is C27H33NO3S. The van der Waals surface area contributed by atoms with Gasteiger partial charge in [-0.1, -0.05) is 58.0 Å². The molecule has 1 unspecified atom stereocenters. The average Bonchev–Trinajstić information content (AvgIpc) is 3.29. The van der Waals surface area contributed by atoms with Crippen LogP contribution in [0.25, 0.3) is 0 Å². The van der Waals surface area contributed by atoms with Crippen molar-refractivity contribution in [3.63, 3.8) is 0 Å². The van der Waals surface area contributed by atoms with E-state index in [9.17, 15) is 9.90 Å². The number of aliphatic carboxylic acids is 1. The van der Waals surface area contributed by atoms with Crippen LogP contribution in [0.2, 0.25) is 0 Å². The van der Waals surface area contributed by atoms with Crippen molar-refractivity contribution in [3.8, 4) is 5.75 Å². The maximum atomic E-state index is 11.4.